The Morgan fingerprint density at radius 2 is 1.87 bits per heavy atom. The van der Waals surface area contributed by atoms with E-state index in [1.54, 1.807) is 26.2 Å². The number of rotatable bonds is 3. The van der Waals surface area contributed by atoms with Gasteiger partial charge in [-0.15, -0.1) is 0 Å². The number of carboxylic acid groups (broad SMARTS) is 1. The van der Waals surface area contributed by atoms with Crippen molar-refractivity contribution < 1.29 is 24.6 Å². The number of allylic oxidation sites excluding steroid dienone is 1. The van der Waals surface area contributed by atoms with Crippen molar-refractivity contribution in [1.82, 2.24) is 9.47 Å². The number of carbonyl (C=O) groups excluding carboxylic acids is 2. The molecular formula is C15H13ClN2O5. The van der Waals surface area contributed by atoms with Gasteiger partial charge in [0, 0.05) is 42.3 Å². The number of amides is 1. The number of aliphatic hydroxyl groups excluding tert-OH is 1. The fourth-order valence-corrected chi connectivity index (χ4v) is 2.21. The number of aliphatic carboxylic acids is 1. The van der Waals surface area contributed by atoms with E-state index in [1.807, 2.05) is 0 Å². The predicted octanol–water partition coefficient (Wildman–Crippen LogP) is 2.53. The summed E-state index contributed by atoms with van der Waals surface area (Å²) in [7, 11) is 3.11. The van der Waals surface area contributed by atoms with Crippen molar-refractivity contribution in [3.05, 3.63) is 46.8 Å². The molecule has 0 aliphatic carbocycles. The van der Waals surface area contributed by atoms with Gasteiger partial charge in [0.2, 0.25) is 5.76 Å². The molecular weight excluding hydrogens is 324 g/mol. The van der Waals surface area contributed by atoms with Gasteiger partial charge in [-0.3, -0.25) is 9.36 Å². The molecule has 0 atom stereocenters. The van der Waals surface area contributed by atoms with E-state index in [0.717, 1.165) is 0 Å². The molecule has 0 unspecified atom stereocenters. The highest BCUT2D eigenvalue weighted by atomic mass is 35.5. The number of carboxylic acids is 1. The van der Waals surface area contributed by atoms with Gasteiger partial charge in [-0.2, -0.15) is 0 Å². The Morgan fingerprint density at radius 1 is 1.22 bits per heavy atom. The minimum absolute atomic E-state index is 0.0606. The van der Waals surface area contributed by atoms with E-state index in [1.165, 1.54) is 21.7 Å². The summed E-state index contributed by atoms with van der Waals surface area (Å²) in [5.41, 5.74) is 0.505. The van der Waals surface area contributed by atoms with Crippen molar-refractivity contribution in [1.29, 1.82) is 0 Å². The number of ketones is 1. The Labute approximate surface area is 136 Å². The SMILES string of the molecule is CN(C)C(=O)n1cc(C(=O)/C=C(\O)C(=O)O)c2cc(Cl)ccc21. The van der Waals surface area contributed by atoms with E-state index in [2.05, 4.69) is 0 Å². The number of fused-ring (bicyclic) bond motifs is 1. The van der Waals surface area contributed by atoms with Crippen LogP contribution in [-0.2, 0) is 4.79 Å². The third kappa shape index (κ3) is 3.19. The van der Waals surface area contributed by atoms with Gasteiger partial charge in [-0.25, -0.2) is 9.59 Å². The number of aromatic nitrogens is 1. The van der Waals surface area contributed by atoms with Gasteiger partial charge in [-0.1, -0.05) is 11.6 Å². The average molecular weight is 337 g/mol. The predicted molar refractivity (Wildman–Crippen MR) is 84.1 cm³/mol. The molecule has 0 aliphatic rings. The molecule has 1 aromatic heterocycles. The van der Waals surface area contributed by atoms with Gasteiger partial charge >= 0.3 is 12.0 Å². The highest BCUT2D eigenvalue weighted by molar-refractivity contribution is 6.31. The molecule has 0 saturated heterocycles. The summed E-state index contributed by atoms with van der Waals surface area (Å²) >= 11 is 5.93. The smallest absolute Gasteiger partial charge is 0.371 e. The van der Waals surface area contributed by atoms with Crippen LogP contribution in [0.5, 0.6) is 0 Å². The fourth-order valence-electron chi connectivity index (χ4n) is 2.04. The van der Waals surface area contributed by atoms with Crippen molar-refractivity contribution >= 4 is 40.3 Å². The van der Waals surface area contributed by atoms with Crippen LogP contribution in [0.1, 0.15) is 10.4 Å². The quantitative estimate of drug-likeness (QED) is 0.509. The first kappa shape index (κ1) is 16.6. The van der Waals surface area contributed by atoms with E-state index in [4.69, 9.17) is 16.7 Å². The Kier molecular flexibility index (Phi) is 4.42. The Morgan fingerprint density at radius 3 is 2.43 bits per heavy atom. The molecule has 7 nitrogen and oxygen atoms in total. The number of nitrogens with zero attached hydrogens (tertiary/aromatic N) is 2. The zero-order valence-electron chi connectivity index (χ0n) is 12.3. The minimum Gasteiger partial charge on any atom is -0.502 e. The van der Waals surface area contributed by atoms with E-state index in [0.29, 0.717) is 22.0 Å². The fraction of sp³-hybridized carbons (Fsp3) is 0.133. The number of hydrogen-bond acceptors (Lipinski definition) is 4. The molecule has 0 radical (unpaired) electrons. The number of halogens is 1. The van der Waals surface area contributed by atoms with Crippen LogP contribution in [0.3, 0.4) is 0 Å². The first-order valence-corrected chi connectivity index (χ1v) is 6.80. The van der Waals surface area contributed by atoms with Gasteiger partial charge in [0.05, 0.1) is 5.52 Å². The zero-order chi connectivity index (χ0) is 17.3. The second-order valence-corrected chi connectivity index (χ2v) is 5.39. The van der Waals surface area contributed by atoms with E-state index in [-0.39, 0.29) is 11.6 Å². The number of carbonyl (C=O) groups is 3. The molecule has 1 aromatic carbocycles. The van der Waals surface area contributed by atoms with Gasteiger partial charge in [0.1, 0.15) is 0 Å². The van der Waals surface area contributed by atoms with Gasteiger partial charge < -0.3 is 15.1 Å². The largest absolute Gasteiger partial charge is 0.502 e. The van der Waals surface area contributed by atoms with Crippen LogP contribution in [0, 0.1) is 0 Å². The van der Waals surface area contributed by atoms with Crippen molar-refractivity contribution in [3.63, 3.8) is 0 Å². The van der Waals surface area contributed by atoms with Crippen LogP contribution in [-0.4, -0.2) is 51.6 Å². The maximum Gasteiger partial charge on any atom is 0.371 e. The molecule has 1 heterocycles. The van der Waals surface area contributed by atoms with Crippen LogP contribution in [0.4, 0.5) is 4.79 Å². The van der Waals surface area contributed by atoms with Crippen molar-refractivity contribution in [2.75, 3.05) is 14.1 Å². The highest BCUT2D eigenvalue weighted by Gasteiger charge is 2.20. The van der Waals surface area contributed by atoms with Crippen LogP contribution in [0.25, 0.3) is 10.9 Å². The molecule has 0 aliphatic heterocycles. The lowest BCUT2D eigenvalue weighted by Gasteiger charge is -2.11. The summed E-state index contributed by atoms with van der Waals surface area (Å²) in [6.45, 7) is 0. The second kappa shape index (κ2) is 6.13. The second-order valence-electron chi connectivity index (χ2n) is 4.95. The third-order valence-electron chi connectivity index (χ3n) is 3.11. The Hall–Kier alpha value is -2.80. The zero-order valence-corrected chi connectivity index (χ0v) is 13.0. The maximum atomic E-state index is 12.2. The van der Waals surface area contributed by atoms with Gasteiger partial charge in [0.25, 0.3) is 0 Å². The van der Waals surface area contributed by atoms with Crippen LogP contribution >= 0.6 is 11.6 Å². The summed E-state index contributed by atoms with van der Waals surface area (Å²) in [5.74, 6) is -3.45. The molecule has 0 fully saturated rings. The van der Waals surface area contributed by atoms with Gasteiger partial charge in [-0.05, 0) is 18.2 Å². The molecule has 2 N–H and O–H groups in total. The Balaban J connectivity index is 2.67. The monoisotopic (exact) mass is 336 g/mol. The number of benzene rings is 1. The number of aliphatic hydroxyl groups is 1. The van der Waals surface area contributed by atoms with Gasteiger partial charge in [0.15, 0.2) is 5.78 Å². The lowest BCUT2D eigenvalue weighted by atomic mass is 10.1. The molecule has 120 valence electrons. The van der Waals surface area contributed by atoms with Crippen LogP contribution < -0.4 is 0 Å². The minimum atomic E-state index is -1.62. The average Bonchev–Trinajstić information content (AvgIpc) is 2.84. The normalized spacial score (nSPS) is 11.5. The first-order valence-electron chi connectivity index (χ1n) is 6.43. The van der Waals surface area contributed by atoms with Crippen molar-refractivity contribution in [2.24, 2.45) is 0 Å². The summed E-state index contributed by atoms with van der Waals surface area (Å²) in [4.78, 5) is 36.4. The molecule has 2 aromatic rings. The molecule has 23 heavy (non-hydrogen) atoms. The lowest BCUT2D eigenvalue weighted by molar-refractivity contribution is -0.135. The van der Waals surface area contributed by atoms with E-state index >= 15 is 0 Å². The van der Waals surface area contributed by atoms with Crippen LogP contribution in [0.15, 0.2) is 36.2 Å². The summed E-state index contributed by atoms with van der Waals surface area (Å²) in [6, 6.07) is 4.26. The molecule has 8 heteroatoms. The van der Waals surface area contributed by atoms with E-state index < -0.39 is 17.5 Å². The highest BCUT2D eigenvalue weighted by Crippen LogP contribution is 2.26. The van der Waals surface area contributed by atoms with Crippen molar-refractivity contribution in [3.8, 4) is 0 Å². The molecule has 0 bridgehead atoms. The molecule has 0 saturated carbocycles. The standard InChI is InChI=1S/C15H13ClN2O5/c1-17(2)15(23)18-7-10(12(19)6-13(20)14(21)22)9-5-8(16)3-4-11(9)18/h3-7,20H,1-2H3,(H,21,22)/b13-6-. The van der Waals surface area contributed by atoms with Crippen molar-refractivity contribution in [2.45, 2.75) is 0 Å². The third-order valence-corrected chi connectivity index (χ3v) is 3.34. The topological polar surface area (TPSA) is 99.8 Å². The molecule has 2 rings (SSSR count). The summed E-state index contributed by atoms with van der Waals surface area (Å²) < 4.78 is 1.25. The first-order chi connectivity index (χ1) is 10.7. The number of hydrogen-bond donors (Lipinski definition) is 2. The summed E-state index contributed by atoms with van der Waals surface area (Å²) in [6.07, 6.45) is 1.87. The van der Waals surface area contributed by atoms with E-state index in [9.17, 15) is 19.5 Å². The van der Waals surface area contributed by atoms with Crippen LogP contribution in [0.2, 0.25) is 5.02 Å². The lowest BCUT2D eigenvalue weighted by Crippen LogP contribution is -2.26. The molecule has 1 amide bonds. The Bertz CT molecular complexity index is 851. The molecule has 0 spiro atoms. The summed E-state index contributed by atoms with van der Waals surface area (Å²) in [5, 5.41) is 18.6. The maximum absolute atomic E-state index is 12.2.